The molecule has 1 aromatic rings. The van der Waals surface area contributed by atoms with Gasteiger partial charge in [-0.1, -0.05) is 13.8 Å². The summed E-state index contributed by atoms with van der Waals surface area (Å²) in [6.07, 6.45) is 1.56. The fraction of sp³-hybridized carbons (Fsp3) is 0.667. The molecule has 3 N–H and O–H groups in total. The molecule has 0 aliphatic rings. The molecular formula is C9H19N5O2S. The number of hydrogen-bond acceptors (Lipinski definition) is 4. The van der Waals surface area contributed by atoms with E-state index in [1.807, 2.05) is 0 Å². The molecule has 0 saturated heterocycles. The third-order valence-electron chi connectivity index (χ3n) is 2.51. The smallest absolute Gasteiger partial charge is 0.302 e. The summed E-state index contributed by atoms with van der Waals surface area (Å²) < 4.78 is 29.3. The molecule has 0 spiro atoms. The second-order valence-corrected chi connectivity index (χ2v) is 5.21. The van der Waals surface area contributed by atoms with E-state index >= 15 is 0 Å². The first-order valence-electron chi connectivity index (χ1n) is 5.45. The summed E-state index contributed by atoms with van der Waals surface area (Å²) >= 11 is 0. The van der Waals surface area contributed by atoms with Gasteiger partial charge in [0.05, 0.1) is 6.20 Å². The lowest BCUT2D eigenvalue weighted by atomic mass is 10.3. The molecule has 1 aromatic heterocycles. The maximum Gasteiger partial charge on any atom is 0.302 e. The van der Waals surface area contributed by atoms with Crippen LogP contribution in [-0.4, -0.2) is 35.6 Å². The molecule has 0 unspecified atom stereocenters. The second-order valence-electron chi connectivity index (χ2n) is 3.54. The van der Waals surface area contributed by atoms with Crippen LogP contribution in [0.15, 0.2) is 6.20 Å². The predicted molar refractivity (Wildman–Crippen MR) is 66.6 cm³/mol. The van der Waals surface area contributed by atoms with Crippen molar-refractivity contribution in [3.63, 3.8) is 0 Å². The van der Waals surface area contributed by atoms with Gasteiger partial charge in [-0.25, -0.2) is 0 Å². The Morgan fingerprint density at radius 1 is 1.47 bits per heavy atom. The molecule has 0 aliphatic heterocycles. The van der Waals surface area contributed by atoms with E-state index in [9.17, 15) is 8.42 Å². The van der Waals surface area contributed by atoms with Crippen LogP contribution in [0.2, 0.25) is 0 Å². The number of aromatic nitrogens is 2. The molecule has 98 valence electrons. The first kappa shape index (κ1) is 13.9. The van der Waals surface area contributed by atoms with Crippen LogP contribution in [0.25, 0.3) is 0 Å². The minimum atomic E-state index is -3.53. The van der Waals surface area contributed by atoms with Gasteiger partial charge in [-0.05, 0) is 0 Å². The molecule has 1 heterocycles. The standard InChI is InChI=1S/C9H19N5O2S/c1-4-14(5-2)17(15,16)12-9-8(6-10)7-11-13(9)3/h7,12H,4-6,10H2,1-3H3. The zero-order valence-electron chi connectivity index (χ0n) is 10.3. The van der Waals surface area contributed by atoms with E-state index in [4.69, 9.17) is 5.73 Å². The summed E-state index contributed by atoms with van der Waals surface area (Å²) in [5.41, 5.74) is 6.19. The predicted octanol–water partition coefficient (Wildman–Crippen LogP) is -0.123. The average Bonchev–Trinajstić information content (AvgIpc) is 2.61. The van der Waals surface area contributed by atoms with E-state index in [0.717, 1.165) is 0 Å². The van der Waals surface area contributed by atoms with Gasteiger partial charge in [0.15, 0.2) is 0 Å². The van der Waals surface area contributed by atoms with Crippen LogP contribution in [0.3, 0.4) is 0 Å². The normalized spacial score (nSPS) is 12.1. The lowest BCUT2D eigenvalue weighted by Crippen LogP contribution is -2.36. The Morgan fingerprint density at radius 2 is 2.06 bits per heavy atom. The third kappa shape index (κ3) is 2.96. The molecule has 0 saturated carbocycles. The number of rotatable bonds is 6. The lowest BCUT2D eigenvalue weighted by Gasteiger charge is -2.19. The van der Waals surface area contributed by atoms with Gasteiger partial charge in [0.1, 0.15) is 5.82 Å². The fourth-order valence-corrected chi connectivity index (χ4v) is 2.83. The van der Waals surface area contributed by atoms with Gasteiger partial charge < -0.3 is 5.73 Å². The van der Waals surface area contributed by atoms with E-state index in [2.05, 4.69) is 9.82 Å². The van der Waals surface area contributed by atoms with E-state index < -0.39 is 10.2 Å². The van der Waals surface area contributed by atoms with Gasteiger partial charge in [0.2, 0.25) is 0 Å². The molecule has 0 radical (unpaired) electrons. The van der Waals surface area contributed by atoms with Crippen molar-refractivity contribution in [2.75, 3.05) is 17.8 Å². The van der Waals surface area contributed by atoms with Crippen molar-refractivity contribution in [2.24, 2.45) is 12.8 Å². The number of nitrogens with two attached hydrogens (primary N) is 1. The van der Waals surface area contributed by atoms with Gasteiger partial charge in [0, 0.05) is 32.2 Å². The van der Waals surface area contributed by atoms with Crippen molar-refractivity contribution >= 4 is 16.0 Å². The van der Waals surface area contributed by atoms with Crippen molar-refractivity contribution in [1.82, 2.24) is 14.1 Å². The number of hydrogen-bond donors (Lipinski definition) is 2. The Kier molecular flexibility index (Phi) is 4.49. The van der Waals surface area contributed by atoms with Crippen molar-refractivity contribution in [1.29, 1.82) is 0 Å². The minimum absolute atomic E-state index is 0.240. The number of anilines is 1. The Labute approximate surface area is 102 Å². The highest BCUT2D eigenvalue weighted by atomic mass is 32.2. The van der Waals surface area contributed by atoms with Gasteiger partial charge in [0.25, 0.3) is 0 Å². The van der Waals surface area contributed by atoms with Gasteiger partial charge in [-0.2, -0.15) is 17.8 Å². The topological polar surface area (TPSA) is 93.2 Å². The van der Waals surface area contributed by atoms with Crippen molar-refractivity contribution in [3.05, 3.63) is 11.8 Å². The maximum absolute atomic E-state index is 12.0. The number of nitrogens with one attached hydrogen (secondary N) is 1. The zero-order valence-corrected chi connectivity index (χ0v) is 11.2. The van der Waals surface area contributed by atoms with E-state index in [0.29, 0.717) is 24.5 Å². The summed E-state index contributed by atoms with van der Waals surface area (Å²) in [6, 6.07) is 0. The molecule has 1 rings (SSSR count). The van der Waals surface area contributed by atoms with Crippen LogP contribution in [0.4, 0.5) is 5.82 Å². The van der Waals surface area contributed by atoms with E-state index in [1.54, 1.807) is 27.1 Å². The Hall–Kier alpha value is -1.12. The van der Waals surface area contributed by atoms with E-state index in [1.165, 1.54) is 8.99 Å². The van der Waals surface area contributed by atoms with Crippen LogP contribution in [-0.2, 0) is 23.8 Å². The molecule has 17 heavy (non-hydrogen) atoms. The van der Waals surface area contributed by atoms with Crippen LogP contribution < -0.4 is 10.5 Å². The zero-order chi connectivity index (χ0) is 13.1. The summed E-state index contributed by atoms with van der Waals surface area (Å²) in [4.78, 5) is 0. The SMILES string of the molecule is CCN(CC)S(=O)(=O)Nc1c(CN)cnn1C. The average molecular weight is 261 g/mol. The van der Waals surface area contributed by atoms with Crippen molar-refractivity contribution in [2.45, 2.75) is 20.4 Å². The van der Waals surface area contributed by atoms with Crippen LogP contribution in [0.1, 0.15) is 19.4 Å². The monoisotopic (exact) mass is 261 g/mol. The van der Waals surface area contributed by atoms with Crippen LogP contribution >= 0.6 is 0 Å². The summed E-state index contributed by atoms with van der Waals surface area (Å²) in [7, 11) is -1.87. The van der Waals surface area contributed by atoms with E-state index in [-0.39, 0.29) is 6.54 Å². The van der Waals surface area contributed by atoms with Crippen molar-refractivity contribution in [3.8, 4) is 0 Å². The summed E-state index contributed by atoms with van der Waals surface area (Å²) in [6.45, 7) is 4.65. The van der Waals surface area contributed by atoms with Gasteiger partial charge in [-0.3, -0.25) is 9.40 Å². The largest absolute Gasteiger partial charge is 0.326 e. The van der Waals surface area contributed by atoms with Gasteiger partial charge >= 0.3 is 10.2 Å². The molecule has 0 fully saturated rings. The first-order valence-corrected chi connectivity index (χ1v) is 6.89. The molecule has 8 heteroatoms. The molecule has 7 nitrogen and oxygen atoms in total. The Bertz CT molecular complexity index is 464. The number of nitrogens with zero attached hydrogens (tertiary/aromatic N) is 3. The Morgan fingerprint density at radius 3 is 2.53 bits per heavy atom. The number of aryl methyl sites for hydroxylation is 1. The Balaban J connectivity index is 3.01. The highest BCUT2D eigenvalue weighted by Gasteiger charge is 2.21. The van der Waals surface area contributed by atoms with Crippen LogP contribution in [0.5, 0.6) is 0 Å². The maximum atomic E-state index is 12.0. The molecule has 0 amide bonds. The molecule has 0 bridgehead atoms. The molecule has 0 aliphatic carbocycles. The molecule has 0 aromatic carbocycles. The highest BCUT2D eigenvalue weighted by Crippen LogP contribution is 2.16. The minimum Gasteiger partial charge on any atom is -0.326 e. The highest BCUT2D eigenvalue weighted by molar-refractivity contribution is 7.90. The molecular weight excluding hydrogens is 242 g/mol. The van der Waals surface area contributed by atoms with Crippen molar-refractivity contribution < 1.29 is 8.42 Å². The lowest BCUT2D eigenvalue weighted by molar-refractivity contribution is 0.449. The van der Waals surface area contributed by atoms with Gasteiger partial charge in [-0.15, -0.1) is 0 Å². The third-order valence-corrected chi connectivity index (χ3v) is 4.15. The summed E-state index contributed by atoms with van der Waals surface area (Å²) in [5.74, 6) is 0.416. The summed E-state index contributed by atoms with van der Waals surface area (Å²) in [5, 5.41) is 3.97. The first-order chi connectivity index (χ1) is 7.96. The quantitative estimate of drug-likeness (QED) is 0.746. The fourth-order valence-electron chi connectivity index (χ4n) is 1.51. The van der Waals surface area contributed by atoms with Crippen LogP contribution in [0, 0.1) is 0 Å². The second kappa shape index (κ2) is 5.48. The molecule has 0 atom stereocenters.